The van der Waals surface area contributed by atoms with Crippen molar-refractivity contribution < 1.29 is 4.74 Å². The minimum atomic E-state index is 0.470. The third-order valence-corrected chi connectivity index (χ3v) is 5.50. The molecule has 2 N–H and O–H groups in total. The van der Waals surface area contributed by atoms with Gasteiger partial charge in [0.15, 0.2) is 0 Å². The quantitative estimate of drug-likeness (QED) is 0.696. The molecule has 2 aromatic carbocycles. The van der Waals surface area contributed by atoms with Crippen molar-refractivity contribution in [2.75, 3.05) is 31.6 Å². The fourth-order valence-electron chi connectivity index (χ4n) is 3.82. The van der Waals surface area contributed by atoms with Gasteiger partial charge in [-0.25, -0.2) is 4.98 Å². The van der Waals surface area contributed by atoms with Gasteiger partial charge in [-0.2, -0.15) is 0 Å². The Balaban J connectivity index is 1.35. The highest BCUT2D eigenvalue weighted by atomic mass is 16.5. The molecular formula is C22H28N4O. The molecular weight excluding hydrogens is 336 g/mol. The normalized spacial score (nSPS) is 18.6. The highest BCUT2D eigenvalue weighted by molar-refractivity contribution is 5.77. The van der Waals surface area contributed by atoms with Crippen LogP contribution in [0.2, 0.25) is 0 Å². The summed E-state index contributed by atoms with van der Waals surface area (Å²) in [6.45, 7) is 5.31. The van der Waals surface area contributed by atoms with E-state index in [4.69, 9.17) is 9.72 Å². The summed E-state index contributed by atoms with van der Waals surface area (Å²) in [5.41, 5.74) is 3.49. The lowest BCUT2D eigenvalue weighted by Gasteiger charge is -2.33. The number of piperidine rings is 1. The number of hydrogen-bond donors (Lipinski definition) is 2. The Labute approximate surface area is 160 Å². The zero-order chi connectivity index (χ0) is 18.6. The van der Waals surface area contributed by atoms with E-state index in [1.165, 1.54) is 18.4 Å². The standard InChI is InChI=1S/C22H28N4O/c1-16(17-9-11-19(27-2)12-10-17)14-23-18-6-5-13-26(15-18)22-24-20-7-3-4-8-21(20)25-22/h3-4,7-12,16,18,23H,5-6,13-15H2,1-2H3,(H,24,25). The minimum absolute atomic E-state index is 0.470. The van der Waals surface area contributed by atoms with Gasteiger partial charge in [0.1, 0.15) is 5.75 Å². The molecule has 1 fully saturated rings. The molecule has 2 heterocycles. The van der Waals surface area contributed by atoms with Gasteiger partial charge in [-0.1, -0.05) is 31.2 Å². The van der Waals surface area contributed by atoms with E-state index in [1.54, 1.807) is 7.11 Å². The second-order valence-corrected chi connectivity index (χ2v) is 7.45. The van der Waals surface area contributed by atoms with Crippen molar-refractivity contribution in [3.05, 3.63) is 54.1 Å². The number of imidazole rings is 1. The van der Waals surface area contributed by atoms with Crippen LogP contribution in [0.1, 0.15) is 31.2 Å². The SMILES string of the molecule is COc1ccc(C(C)CNC2CCCN(c3nc4ccccc4[nH]3)C2)cc1. The molecule has 0 bridgehead atoms. The van der Waals surface area contributed by atoms with E-state index in [2.05, 4.69) is 46.4 Å². The Kier molecular flexibility index (Phi) is 5.30. The predicted octanol–water partition coefficient (Wildman–Crippen LogP) is 3.93. The highest BCUT2D eigenvalue weighted by Gasteiger charge is 2.22. The molecule has 4 rings (SSSR count). The molecule has 1 aromatic heterocycles. The van der Waals surface area contributed by atoms with Gasteiger partial charge in [0, 0.05) is 25.7 Å². The monoisotopic (exact) mass is 364 g/mol. The summed E-state index contributed by atoms with van der Waals surface area (Å²) >= 11 is 0. The molecule has 5 heteroatoms. The van der Waals surface area contributed by atoms with Crippen LogP contribution in [0.15, 0.2) is 48.5 Å². The van der Waals surface area contributed by atoms with E-state index in [-0.39, 0.29) is 0 Å². The number of nitrogens with one attached hydrogen (secondary N) is 2. The first kappa shape index (κ1) is 17.9. The minimum Gasteiger partial charge on any atom is -0.497 e. The van der Waals surface area contributed by atoms with Crippen molar-refractivity contribution in [2.45, 2.75) is 31.7 Å². The number of para-hydroxylation sites is 2. The average Bonchev–Trinajstić information content (AvgIpc) is 3.17. The van der Waals surface area contributed by atoms with Crippen LogP contribution in [0.25, 0.3) is 11.0 Å². The third kappa shape index (κ3) is 4.08. The topological polar surface area (TPSA) is 53.2 Å². The van der Waals surface area contributed by atoms with Crippen LogP contribution < -0.4 is 15.0 Å². The highest BCUT2D eigenvalue weighted by Crippen LogP contribution is 2.22. The number of anilines is 1. The summed E-state index contributed by atoms with van der Waals surface area (Å²) in [5.74, 6) is 2.37. The molecule has 0 saturated carbocycles. The zero-order valence-electron chi connectivity index (χ0n) is 16.1. The molecule has 5 nitrogen and oxygen atoms in total. The Morgan fingerprint density at radius 1 is 1.22 bits per heavy atom. The van der Waals surface area contributed by atoms with Gasteiger partial charge in [0.25, 0.3) is 0 Å². The third-order valence-electron chi connectivity index (χ3n) is 5.50. The summed E-state index contributed by atoms with van der Waals surface area (Å²) < 4.78 is 5.25. The lowest BCUT2D eigenvalue weighted by molar-refractivity contribution is 0.409. The van der Waals surface area contributed by atoms with Crippen LogP contribution in [-0.2, 0) is 0 Å². The largest absolute Gasteiger partial charge is 0.497 e. The van der Waals surface area contributed by atoms with E-state index < -0.39 is 0 Å². The smallest absolute Gasteiger partial charge is 0.203 e. The molecule has 2 unspecified atom stereocenters. The zero-order valence-corrected chi connectivity index (χ0v) is 16.1. The van der Waals surface area contributed by atoms with Crippen LogP contribution in [0.4, 0.5) is 5.95 Å². The van der Waals surface area contributed by atoms with Gasteiger partial charge in [0.2, 0.25) is 5.95 Å². The molecule has 142 valence electrons. The van der Waals surface area contributed by atoms with Crippen molar-refractivity contribution in [3.63, 3.8) is 0 Å². The van der Waals surface area contributed by atoms with E-state index in [1.807, 2.05) is 24.3 Å². The van der Waals surface area contributed by atoms with Crippen LogP contribution >= 0.6 is 0 Å². The lowest BCUT2D eigenvalue weighted by atomic mass is 9.99. The molecule has 1 saturated heterocycles. The van der Waals surface area contributed by atoms with Gasteiger partial charge in [-0.15, -0.1) is 0 Å². The van der Waals surface area contributed by atoms with E-state index in [0.29, 0.717) is 12.0 Å². The summed E-state index contributed by atoms with van der Waals surface area (Å²) in [4.78, 5) is 10.6. The van der Waals surface area contributed by atoms with Crippen molar-refractivity contribution in [2.24, 2.45) is 0 Å². The second-order valence-electron chi connectivity index (χ2n) is 7.45. The van der Waals surface area contributed by atoms with Crippen LogP contribution in [0.5, 0.6) is 5.75 Å². The fraction of sp³-hybridized carbons (Fsp3) is 0.409. The van der Waals surface area contributed by atoms with Crippen molar-refractivity contribution in [1.29, 1.82) is 0 Å². The van der Waals surface area contributed by atoms with Crippen molar-refractivity contribution in [1.82, 2.24) is 15.3 Å². The maximum atomic E-state index is 5.25. The Bertz CT molecular complexity index is 840. The number of ether oxygens (including phenoxy) is 1. The first-order valence-corrected chi connectivity index (χ1v) is 9.80. The first-order chi connectivity index (χ1) is 13.2. The number of aromatic amines is 1. The average molecular weight is 364 g/mol. The van der Waals surface area contributed by atoms with Crippen LogP contribution in [0.3, 0.4) is 0 Å². The Morgan fingerprint density at radius 2 is 2.04 bits per heavy atom. The van der Waals surface area contributed by atoms with E-state index in [0.717, 1.165) is 42.4 Å². The molecule has 1 aliphatic heterocycles. The summed E-state index contributed by atoms with van der Waals surface area (Å²) in [5, 5.41) is 3.77. The lowest BCUT2D eigenvalue weighted by Crippen LogP contribution is -2.47. The van der Waals surface area contributed by atoms with Crippen LogP contribution in [-0.4, -0.2) is 42.8 Å². The number of rotatable bonds is 6. The second kappa shape index (κ2) is 8.01. The molecule has 0 radical (unpaired) electrons. The molecule has 0 amide bonds. The molecule has 1 aliphatic rings. The summed E-state index contributed by atoms with van der Waals surface area (Å²) in [7, 11) is 1.71. The molecule has 2 atom stereocenters. The van der Waals surface area contributed by atoms with Gasteiger partial charge in [0.05, 0.1) is 18.1 Å². The maximum absolute atomic E-state index is 5.25. The summed E-state index contributed by atoms with van der Waals surface area (Å²) in [6, 6.07) is 17.1. The fourth-order valence-corrected chi connectivity index (χ4v) is 3.82. The first-order valence-electron chi connectivity index (χ1n) is 9.80. The number of aromatic nitrogens is 2. The number of hydrogen-bond acceptors (Lipinski definition) is 4. The molecule has 3 aromatic rings. The summed E-state index contributed by atoms with van der Waals surface area (Å²) in [6.07, 6.45) is 2.40. The van der Waals surface area contributed by atoms with Gasteiger partial charge < -0.3 is 19.9 Å². The Hall–Kier alpha value is -2.53. The Morgan fingerprint density at radius 3 is 2.81 bits per heavy atom. The number of H-pyrrole nitrogens is 1. The van der Waals surface area contributed by atoms with Crippen molar-refractivity contribution in [3.8, 4) is 5.75 Å². The number of benzene rings is 2. The number of fused-ring (bicyclic) bond motifs is 1. The van der Waals surface area contributed by atoms with E-state index >= 15 is 0 Å². The predicted molar refractivity (Wildman–Crippen MR) is 111 cm³/mol. The molecule has 0 aliphatic carbocycles. The van der Waals surface area contributed by atoms with Crippen molar-refractivity contribution >= 4 is 17.0 Å². The van der Waals surface area contributed by atoms with Gasteiger partial charge in [-0.05, 0) is 48.6 Å². The van der Waals surface area contributed by atoms with E-state index in [9.17, 15) is 0 Å². The van der Waals surface area contributed by atoms with Gasteiger partial charge >= 0.3 is 0 Å². The van der Waals surface area contributed by atoms with Crippen LogP contribution in [0, 0.1) is 0 Å². The number of nitrogens with zero attached hydrogens (tertiary/aromatic N) is 2. The number of methoxy groups -OCH3 is 1. The maximum Gasteiger partial charge on any atom is 0.203 e. The molecule has 0 spiro atoms. The van der Waals surface area contributed by atoms with Gasteiger partial charge in [-0.3, -0.25) is 0 Å². The molecule has 27 heavy (non-hydrogen) atoms.